The highest BCUT2D eigenvalue weighted by atomic mass is 15.4. The summed E-state index contributed by atoms with van der Waals surface area (Å²) >= 11 is 0. The number of aryl methyl sites for hydroxylation is 2. The molecular formula is C26H31N3. The number of rotatable bonds is 4. The molecule has 2 heterocycles. The summed E-state index contributed by atoms with van der Waals surface area (Å²) in [6.45, 7) is 14.2. The Morgan fingerprint density at radius 3 is 1.79 bits per heavy atom. The molecule has 3 aromatic rings. The molecule has 1 aliphatic heterocycles. The van der Waals surface area contributed by atoms with E-state index in [0.717, 1.165) is 12.4 Å². The van der Waals surface area contributed by atoms with Crippen molar-refractivity contribution in [2.75, 3.05) is 16.5 Å². The van der Waals surface area contributed by atoms with Gasteiger partial charge in [-0.15, -0.1) is 0 Å². The number of aromatic nitrogens is 1. The molecule has 3 nitrogen and oxygen atoms in total. The molecule has 0 N–H and O–H groups in total. The minimum Gasteiger partial charge on any atom is -0.320 e. The molecule has 0 radical (unpaired) electrons. The third kappa shape index (κ3) is 3.29. The first-order valence-electron chi connectivity index (χ1n) is 10.6. The highest BCUT2D eigenvalue weighted by molar-refractivity contribution is 5.89. The summed E-state index contributed by atoms with van der Waals surface area (Å²) in [6.07, 6.45) is 1.90. The Balaban J connectivity index is 1.93. The summed E-state index contributed by atoms with van der Waals surface area (Å²) < 4.78 is 0. The van der Waals surface area contributed by atoms with E-state index < -0.39 is 0 Å². The van der Waals surface area contributed by atoms with Crippen LogP contribution in [0, 0.1) is 13.8 Å². The summed E-state index contributed by atoms with van der Waals surface area (Å²) in [5.41, 5.74) is 10.3. The van der Waals surface area contributed by atoms with Gasteiger partial charge in [-0.3, -0.25) is 4.98 Å². The predicted octanol–water partition coefficient (Wildman–Crippen LogP) is 7.19. The zero-order chi connectivity index (χ0) is 20.7. The SMILES string of the molecule is Cc1ccnc(C)c1N1CN(c2c(C(C)C)cccc2C(C)C)c2ccccc21. The van der Waals surface area contributed by atoms with Crippen molar-refractivity contribution in [1.29, 1.82) is 0 Å². The summed E-state index contributed by atoms with van der Waals surface area (Å²) in [6, 6.07) is 17.7. The van der Waals surface area contributed by atoms with Gasteiger partial charge in [0.05, 0.1) is 22.8 Å². The van der Waals surface area contributed by atoms with Gasteiger partial charge in [-0.2, -0.15) is 0 Å². The topological polar surface area (TPSA) is 19.4 Å². The van der Waals surface area contributed by atoms with E-state index in [0.29, 0.717) is 11.8 Å². The number of hydrogen-bond donors (Lipinski definition) is 0. The molecule has 0 bridgehead atoms. The first-order valence-corrected chi connectivity index (χ1v) is 10.6. The zero-order valence-electron chi connectivity index (χ0n) is 18.4. The van der Waals surface area contributed by atoms with E-state index in [1.807, 2.05) is 6.20 Å². The average Bonchev–Trinajstić information content (AvgIpc) is 3.06. The Kier molecular flexibility index (Phi) is 5.08. The van der Waals surface area contributed by atoms with Gasteiger partial charge in [0, 0.05) is 11.9 Å². The fraction of sp³-hybridized carbons (Fsp3) is 0.346. The molecule has 2 aromatic carbocycles. The smallest absolute Gasteiger partial charge is 0.100 e. The summed E-state index contributed by atoms with van der Waals surface area (Å²) in [7, 11) is 0. The van der Waals surface area contributed by atoms with Crippen LogP contribution in [0.1, 0.15) is 61.9 Å². The minimum atomic E-state index is 0.465. The van der Waals surface area contributed by atoms with Crippen LogP contribution in [-0.2, 0) is 0 Å². The van der Waals surface area contributed by atoms with Gasteiger partial charge in [0.2, 0.25) is 0 Å². The standard InChI is InChI=1S/C26H31N3/c1-17(2)21-10-9-11-22(18(3)4)26(21)29-16-28(23-12-7-8-13-24(23)29)25-19(5)14-15-27-20(25)6/h7-15,17-18H,16H2,1-6H3. The summed E-state index contributed by atoms with van der Waals surface area (Å²) in [4.78, 5) is 9.52. The molecule has 0 saturated carbocycles. The Morgan fingerprint density at radius 2 is 1.28 bits per heavy atom. The van der Waals surface area contributed by atoms with Crippen LogP contribution < -0.4 is 9.80 Å². The lowest BCUT2D eigenvalue weighted by atomic mass is 9.92. The quantitative estimate of drug-likeness (QED) is 0.473. The van der Waals surface area contributed by atoms with Gasteiger partial charge in [-0.05, 0) is 60.6 Å². The lowest BCUT2D eigenvalue weighted by Crippen LogP contribution is -2.27. The largest absolute Gasteiger partial charge is 0.320 e. The molecule has 3 heteroatoms. The lowest BCUT2D eigenvalue weighted by molar-refractivity contribution is 0.818. The maximum atomic E-state index is 4.59. The molecular weight excluding hydrogens is 354 g/mol. The van der Waals surface area contributed by atoms with Crippen LogP contribution in [0.15, 0.2) is 54.7 Å². The molecule has 0 unspecified atom stereocenters. The van der Waals surface area contributed by atoms with Crippen LogP contribution in [0.5, 0.6) is 0 Å². The predicted molar refractivity (Wildman–Crippen MR) is 124 cm³/mol. The maximum absolute atomic E-state index is 4.59. The molecule has 0 aliphatic carbocycles. The number of benzene rings is 2. The van der Waals surface area contributed by atoms with E-state index in [1.54, 1.807) is 0 Å². The molecule has 1 aromatic heterocycles. The van der Waals surface area contributed by atoms with Crippen LogP contribution in [0.2, 0.25) is 0 Å². The molecule has 0 spiro atoms. The van der Waals surface area contributed by atoms with Crippen molar-refractivity contribution in [2.45, 2.75) is 53.4 Å². The van der Waals surface area contributed by atoms with Crippen molar-refractivity contribution in [3.63, 3.8) is 0 Å². The number of hydrogen-bond acceptors (Lipinski definition) is 3. The second-order valence-corrected chi connectivity index (χ2v) is 8.64. The van der Waals surface area contributed by atoms with Crippen molar-refractivity contribution in [1.82, 2.24) is 4.98 Å². The van der Waals surface area contributed by atoms with Gasteiger partial charge in [0.15, 0.2) is 0 Å². The Labute approximate surface area is 175 Å². The van der Waals surface area contributed by atoms with Crippen molar-refractivity contribution in [2.24, 2.45) is 0 Å². The fourth-order valence-electron chi connectivity index (χ4n) is 4.51. The van der Waals surface area contributed by atoms with Gasteiger partial charge < -0.3 is 9.80 Å². The normalized spacial score (nSPS) is 13.5. The van der Waals surface area contributed by atoms with E-state index in [1.165, 1.54) is 39.4 Å². The zero-order valence-corrected chi connectivity index (χ0v) is 18.4. The van der Waals surface area contributed by atoms with Crippen molar-refractivity contribution >= 4 is 22.7 Å². The lowest BCUT2D eigenvalue weighted by Gasteiger charge is -2.29. The van der Waals surface area contributed by atoms with Crippen LogP contribution >= 0.6 is 0 Å². The van der Waals surface area contributed by atoms with Gasteiger partial charge in [0.25, 0.3) is 0 Å². The third-order valence-electron chi connectivity index (χ3n) is 5.94. The molecule has 0 atom stereocenters. The van der Waals surface area contributed by atoms with E-state index in [-0.39, 0.29) is 0 Å². The average molecular weight is 386 g/mol. The summed E-state index contributed by atoms with van der Waals surface area (Å²) in [5.74, 6) is 0.929. The van der Waals surface area contributed by atoms with Crippen molar-refractivity contribution in [3.8, 4) is 0 Å². The highest BCUT2D eigenvalue weighted by Gasteiger charge is 2.32. The number of nitrogens with zero attached hydrogens (tertiary/aromatic N) is 3. The van der Waals surface area contributed by atoms with Crippen LogP contribution in [0.25, 0.3) is 0 Å². The first kappa shape index (κ1) is 19.5. The molecule has 0 saturated heterocycles. The van der Waals surface area contributed by atoms with Gasteiger partial charge in [-0.1, -0.05) is 58.0 Å². The number of fused-ring (bicyclic) bond motifs is 1. The monoisotopic (exact) mass is 385 g/mol. The van der Waals surface area contributed by atoms with Crippen molar-refractivity contribution in [3.05, 3.63) is 77.1 Å². The van der Waals surface area contributed by atoms with Gasteiger partial charge in [0.1, 0.15) is 6.67 Å². The molecule has 0 amide bonds. The minimum absolute atomic E-state index is 0.465. The van der Waals surface area contributed by atoms with Crippen LogP contribution in [0.3, 0.4) is 0 Å². The maximum Gasteiger partial charge on any atom is 0.100 e. The first-order chi connectivity index (χ1) is 13.9. The Morgan fingerprint density at radius 1 is 0.724 bits per heavy atom. The number of pyridine rings is 1. The third-order valence-corrected chi connectivity index (χ3v) is 5.94. The second-order valence-electron chi connectivity index (χ2n) is 8.64. The summed E-state index contributed by atoms with van der Waals surface area (Å²) in [5, 5.41) is 0. The van der Waals surface area contributed by atoms with E-state index in [9.17, 15) is 0 Å². The van der Waals surface area contributed by atoms with Gasteiger partial charge >= 0.3 is 0 Å². The molecule has 1 aliphatic rings. The molecule has 150 valence electrons. The number of para-hydroxylation sites is 3. The Hall–Kier alpha value is -2.81. The Bertz CT molecular complexity index is 989. The molecule has 0 fully saturated rings. The van der Waals surface area contributed by atoms with E-state index >= 15 is 0 Å². The fourth-order valence-corrected chi connectivity index (χ4v) is 4.51. The van der Waals surface area contributed by atoms with E-state index in [4.69, 9.17) is 0 Å². The second kappa shape index (κ2) is 7.55. The van der Waals surface area contributed by atoms with Crippen molar-refractivity contribution < 1.29 is 0 Å². The van der Waals surface area contributed by atoms with Crippen LogP contribution in [-0.4, -0.2) is 11.7 Å². The molecule has 4 rings (SSSR count). The highest BCUT2D eigenvalue weighted by Crippen LogP contribution is 2.48. The number of anilines is 4. The van der Waals surface area contributed by atoms with E-state index in [2.05, 4.69) is 105 Å². The molecule has 29 heavy (non-hydrogen) atoms. The van der Waals surface area contributed by atoms with Gasteiger partial charge in [-0.25, -0.2) is 0 Å². The van der Waals surface area contributed by atoms with Crippen LogP contribution in [0.4, 0.5) is 22.7 Å².